The molecule has 2 rings (SSSR count). The number of hydrogen-bond donors (Lipinski definition) is 1. The Labute approximate surface area is 235 Å². The van der Waals surface area contributed by atoms with Gasteiger partial charge in [-0.3, -0.25) is 0 Å². The SMILES string of the molecule is CCO[C@@H](Cc1ccc(OC/C=C(\C)C#Cc2cc(OCC(F)(F)F)cc(OCC(F)(F)F)c2)c(Br)c1)C(=O)O. The molecule has 2 aromatic carbocycles. The molecule has 0 amide bonds. The highest BCUT2D eigenvalue weighted by Gasteiger charge is 2.30. The second kappa shape index (κ2) is 14.9. The molecular weight excluding hydrogens is 614 g/mol. The minimum Gasteiger partial charge on any atom is -0.488 e. The number of ether oxygens (including phenoxy) is 4. The molecule has 13 heteroatoms. The van der Waals surface area contributed by atoms with E-state index in [1.54, 1.807) is 38.1 Å². The molecule has 0 saturated carbocycles. The zero-order valence-electron chi connectivity index (χ0n) is 21.3. The number of aliphatic carboxylic acids is 1. The summed E-state index contributed by atoms with van der Waals surface area (Å²) in [7, 11) is 0. The molecule has 218 valence electrons. The monoisotopic (exact) mass is 638 g/mol. The molecule has 0 radical (unpaired) electrons. The molecule has 0 saturated heterocycles. The Morgan fingerprint density at radius 2 is 1.60 bits per heavy atom. The lowest BCUT2D eigenvalue weighted by molar-refractivity contribution is -0.154. The Morgan fingerprint density at radius 1 is 1.00 bits per heavy atom. The quantitative estimate of drug-likeness (QED) is 0.205. The van der Waals surface area contributed by atoms with Gasteiger partial charge in [0, 0.05) is 24.7 Å². The lowest BCUT2D eigenvalue weighted by Gasteiger charge is -2.13. The van der Waals surface area contributed by atoms with Crippen LogP contribution in [0.2, 0.25) is 0 Å². The third kappa shape index (κ3) is 12.7. The molecule has 0 heterocycles. The van der Waals surface area contributed by atoms with Crippen LogP contribution in [-0.4, -0.2) is 56.0 Å². The van der Waals surface area contributed by atoms with Crippen molar-refractivity contribution in [3.05, 3.63) is 63.6 Å². The van der Waals surface area contributed by atoms with E-state index >= 15 is 0 Å². The first-order chi connectivity index (χ1) is 18.6. The first-order valence-corrected chi connectivity index (χ1v) is 12.4. The van der Waals surface area contributed by atoms with Crippen LogP contribution in [0.15, 0.2) is 52.5 Å². The second-order valence-corrected chi connectivity index (χ2v) is 9.05. The fourth-order valence-electron chi connectivity index (χ4n) is 3.04. The number of hydrogen-bond acceptors (Lipinski definition) is 5. The number of rotatable bonds is 12. The van der Waals surface area contributed by atoms with Crippen molar-refractivity contribution < 1.29 is 55.2 Å². The van der Waals surface area contributed by atoms with E-state index in [4.69, 9.17) is 9.47 Å². The van der Waals surface area contributed by atoms with E-state index in [-0.39, 0.29) is 36.7 Å². The topological polar surface area (TPSA) is 74.2 Å². The Bertz CT molecular complexity index is 1210. The maximum absolute atomic E-state index is 12.5. The van der Waals surface area contributed by atoms with Crippen molar-refractivity contribution in [2.75, 3.05) is 26.4 Å². The average molecular weight is 639 g/mol. The molecule has 0 fully saturated rings. The molecule has 0 aliphatic heterocycles. The number of benzene rings is 2. The summed E-state index contributed by atoms with van der Waals surface area (Å²) in [6, 6.07) is 8.31. The summed E-state index contributed by atoms with van der Waals surface area (Å²) in [5, 5.41) is 9.23. The van der Waals surface area contributed by atoms with Gasteiger partial charge < -0.3 is 24.1 Å². The third-order valence-corrected chi connectivity index (χ3v) is 5.40. The van der Waals surface area contributed by atoms with Gasteiger partial charge >= 0.3 is 18.3 Å². The molecule has 2 aromatic rings. The van der Waals surface area contributed by atoms with E-state index in [1.165, 1.54) is 0 Å². The molecule has 1 N–H and O–H groups in total. The Hall–Kier alpha value is -3.37. The number of alkyl halides is 6. The largest absolute Gasteiger partial charge is 0.488 e. The minimum absolute atomic E-state index is 0.0792. The van der Waals surface area contributed by atoms with Gasteiger partial charge in [-0.1, -0.05) is 17.9 Å². The predicted molar refractivity (Wildman–Crippen MR) is 137 cm³/mol. The maximum Gasteiger partial charge on any atom is 0.422 e. The van der Waals surface area contributed by atoms with Gasteiger partial charge in [-0.2, -0.15) is 26.3 Å². The van der Waals surface area contributed by atoms with Crippen LogP contribution >= 0.6 is 15.9 Å². The van der Waals surface area contributed by atoms with E-state index in [0.717, 1.165) is 23.8 Å². The van der Waals surface area contributed by atoms with Crippen molar-refractivity contribution in [2.45, 2.75) is 38.7 Å². The second-order valence-electron chi connectivity index (χ2n) is 8.20. The summed E-state index contributed by atoms with van der Waals surface area (Å²) in [6.45, 7) is 0.419. The Balaban J connectivity index is 2.09. The smallest absolute Gasteiger partial charge is 0.422 e. The summed E-state index contributed by atoms with van der Waals surface area (Å²) >= 11 is 3.38. The zero-order valence-corrected chi connectivity index (χ0v) is 22.9. The lowest BCUT2D eigenvalue weighted by atomic mass is 10.1. The van der Waals surface area contributed by atoms with Crippen molar-refractivity contribution in [2.24, 2.45) is 0 Å². The van der Waals surface area contributed by atoms with Crippen LogP contribution in [0, 0.1) is 11.8 Å². The molecule has 40 heavy (non-hydrogen) atoms. The molecule has 1 atom stereocenters. The van der Waals surface area contributed by atoms with E-state index in [1.807, 2.05) is 0 Å². The Kier molecular flexibility index (Phi) is 12.2. The molecule has 0 aliphatic carbocycles. The van der Waals surface area contributed by atoms with Crippen LogP contribution < -0.4 is 14.2 Å². The molecule has 0 aliphatic rings. The predicted octanol–water partition coefficient (Wildman–Crippen LogP) is 6.74. The van der Waals surface area contributed by atoms with Gasteiger partial charge in [0.25, 0.3) is 0 Å². The van der Waals surface area contributed by atoms with Gasteiger partial charge in [-0.25, -0.2) is 4.79 Å². The van der Waals surface area contributed by atoms with Crippen molar-refractivity contribution in [3.8, 4) is 29.1 Å². The van der Waals surface area contributed by atoms with Crippen molar-refractivity contribution in [3.63, 3.8) is 0 Å². The normalized spacial score (nSPS) is 12.8. The van der Waals surface area contributed by atoms with Gasteiger partial charge in [0.15, 0.2) is 19.3 Å². The number of carboxylic acids is 1. The van der Waals surface area contributed by atoms with Crippen LogP contribution in [0.4, 0.5) is 26.3 Å². The van der Waals surface area contributed by atoms with Crippen molar-refractivity contribution in [1.82, 2.24) is 0 Å². The summed E-state index contributed by atoms with van der Waals surface area (Å²) in [5.41, 5.74) is 1.31. The van der Waals surface area contributed by atoms with E-state index < -0.39 is 37.6 Å². The maximum atomic E-state index is 12.5. The van der Waals surface area contributed by atoms with Crippen LogP contribution in [0.1, 0.15) is 25.0 Å². The zero-order chi connectivity index (χ0) is 29.9. The fourth-order valence-corrected chi connectivity index (χ4v) is 3.58. The number of allylic oxidation sites excluding steroid dienone is 1. The first-order valence-electron chi connectivity index (χ1n) is 11.6. The van der Waals surface area contributed by atoms with Crippen LogP contribution in [0.25, 0.3) is 0 Å². The number of halogens is 7. The van der Waals surface area contributed by atoms with Gasteiger partial charge in [0.05, 0.1) is 4.47 Å². The molecule has 0 bridgehead atoms. The number of carbonyl (C=O) groups is 1. The minimum atomic E-state index is -4.65. The number of carboxylic acid groups (broad SMARTS) is 1. The molecule has 0 unspecified atom stereocenters. The first kappa shape index (κ1) is 32.8. The van der Waals surface area contributed by atoms with Crippen LogP contribution in [-0.2, 0) is 16.0 Å². The highest BCUT2D eigenvalue weighted by molar-refractivity contribution is 9.10. The fraction of sp³-hybridized carbons (Fsp3) is 0.370. The highest BCUT2D eigenvalue weighted by Crippen LogP contribution is 2.28. The summed E-state index contributed by atoms with van der Waals surface area (Å²) in [4.78, 5) is 11.3. The summed E-state index contributed by atoms with van der Waals surface area (Å²) in [5.74, 6) is 4.12. The van der Waals surface area contributed by atoms with E-state index in [0.29, 0.717) is 15.8 Å². The van der Waals surface area contributed by atoms with Gasteiger partial charge in [-0.05, 0) is 71.3 Å². The summed E-state index contributed by atoms with van der Waals surface area (Å²) < 4.78 is 95.8. The third-order valence-electron chi connectivity index (χ3n) is 4.78. The molecular formula is C27H25BrF6O6. The highest BCUT2D eigenvalue weighted by atomic mass is 79.9. The average Bonchev–Trinajstić information content (AvgIpc) is 2.85. The summed E-state index contributed by atoms with van der Waals surface area (Å²) in [6.07, 6.45) is -8.48. The molecule has 0 aromatic heterocycles. The van der Waals surface area contributed by atoms with Crippen LogP contribution in [0.5, 0.6) is 17.2 Å². The Morgan fingerprint density at radius 3 is 2.10 bits per heavy atom. The van der Waals surface area contributed by atoms with Gasteiger partial charge in [0.2, 0.25) is 0 Å². The lowest BCUT2D eigenvalue weighted by Crippen LogP contribution is -2.26. The van der Waals surface area contributed by atoms with Gasteiger partial charge in [0.1, 0.15) is 23.9 Å². The van der Waals surface area contributed by atoms with Crippen molar-refractivity contribution in [1.29, 1.82) is 0 Å². The molecule has 0 spiro atoms. The van der Waals surface area contributed by atoms with E-state index in [9.17, 15) is 36.2 Å². The van der Waals surface area contributed by atoms with Gasteiger partial charge in [-0.15, -0.1) is 0 Å². The molecule has 6 nitrogen and oxygen atoms in total. The standard InChI is InChI=1S/C27H25BrF6O6/c1-3-37-24(25(35)36)13-19-6-7-23(22(28)12-19)38-9-8-17(2)4-5-18-10-20(39-15-26(29,30)31)14-21(11-18)40-16-27(32,33)34/h6-8,10-12,14,24H,3,9,13,15-16H2,1-2H3,(H,35,36)/b17-8+/t24-/m0/s1. The van der Waals surface area contributed by atoms with Crippen LogP contribution in [0.3, 0.4) is 0 Å². The van der Waals surface area contributed by atoms with Crippen molar-refractivity contribution >= 4 is 21.9 Å². The van der Waals surface area contributed by atoms with E-state index in [2.05, 4.69) is 37.2 Å².